The van der Waals surface area contributed by atoms with Crippen LogP contribution < -0.4 is 5.32 Å². The molecule has 0 radical (unpaired) electrons. The summed E-state index contributed by atoms with van der Waals surface area (Å²) >= 11 is 2.44. The quantitative estimate of drug-likeness (QED) is 0.230. The second kappa shape index (κ2) is 12.0. The van der Waals surface area contributed by atoms with Gasteiger partial charge in [0.2, 0.25) is 0 Å². The monoisotopic (exact) mass is 440 g/mol. The molecular weight excluding hydrogens is 403 g/mol. The van der Waals surface area contributed by atoms with E-state index in [9.17, 15) is 0 Å². The van der Waals surface area contributed by atoms with E-state index in [0.717, 1.165) is 51.7 Å². The second-order valence-corrected chi connectivity index (χ2v) is 9.48. The number of halogens is 1. The van der Waals surface area contributed by atoms with Crippen LogP contribution in [0.5, 0.6) is 0 Å². The Balaban J connectivity index is 1.96. The molecule has 1 aliphatic rings. The van der Waals surface area contributed by atoms with E-state index >= 15 is 0 Å². The van der Waals surface area contributed by atoms with Gasteiger partial charge in [0.25, 0.3) is 0 Å². The molecule has 0 aromatic rings. The molecule has 2 unspecified atom stereocenters. The lowest BCUT2D eigenvalue weighted by Gasteiger charge is -2.33. The van der Waals surface area contributed by atoms with Gasteiger partial charge in [-0.25, -0.2) is 0 Å². The molecule has 0 aliphatic carbocycles. The highest BCUT2D eigenvalue weighted by molar-refractivity contribution is 14.1. The molecule has 0 spiro atoms. The minimum absolute atomic E-state index is 0.0182. The fourth-order valence-corrected chi connectivity index (χ4v) is 3.08. The number of unbranched alkanes of at least 4 members (excludes halogenated alkanes) is 1. The number of ether oxygens (including phenoxy) is 2. The van der Waals surface area contributed by atoms with Gasteiger partial charge in [-0.3, -0.25) is 0 Å². The molecule has 0 aromatic carbocycles. The first kappa shape index (κ1) is 21.6. The molecule has 1 N–H and O–H groups in total. The number of rotatable bonds is 11. The number of hydrogen-bond donors (Lipinski definition) is 1. The van der Waals surface area contributed by atoms with Crippen LogP contribution in [0.2, 0.25) is 0 Å². The summed E-state index contributed by atoms with van der Waals surface area (Å²) in [6.45, 7) is 15.8. The van der Waals surface area contributed by atoms with Gasteiger partial charge in [-0.2, -0.15) is 0 Å². The highest BCUT2D eigenvalue weighted by Gasteiger charge is 2.19. The first-order valence-electron chi connectivity index (χ1n) is 9.18. The Morgan fingerprint density at radius 3 is 2.65 bits per heavy atom. The molecule has 23 heavy (non-hydrogen) atoms. The second-order valence-electron chi connectivity index (χ2n) is 7.61. The number of nitrogens with zero attached hydrogens (tertiary/aromatic N) is 1. The van der Waals surface area contributed by atoms with Gasteiger partial charge in [0.05, 0.1) is 16.3 Å². The lowest BCUT2D eigenvalue weighted by atomic mass is 9.98. The molecule has 138 valence electrons. The first-order chi connectivity index (χ1) is 10.9. The van der Waals surface area contributed by atoms with Crippen molar-refractivity contribution in [1.82, 2.24) is 10.2 Å². The molecule has 2 atom stereocenters. The van der Waals surface area contributed by atoms with Crippen molar-refractivity contribution in [3.8, 4) is 0 Å². The van der Waals surface area contributed by atoms with Crippen LogP contribution in [0, 0.1) is 5.92 Å². The number of nitrogens with one attached hydrogen (secondary N) is 1. The van der Waals surface area contributed by atoms with Gasteiger partial charge in [-0.05, 0) is 65.8 Å². The van der Waals surface area contributed by atoms with Crippen molar-refractivity contribution in [2.45, 2.75) is 63.0 Å². The van der Waals surface area contributed by atoms with Gasteiger partial charge in [0.1, 0.15) is 0 Å². The minimum atomic E-state index is -0.0182. The Morgan fingerprint density at radius 2 is 1.96 bits per heavy atom. The standard InChI is InChI=1S/C18H37IN2O2/c1-16(19)20-14-17-8-7-9-21(15-17)10-13-22-11-5-6-12-23-18(2,3)4/h16-17,20H,5-15H2,1-4H3. The van der Waals surface area contributed by atoms with E-state index in [-0.39, 0.29) is 5.60 Å². The van der Waals surface area contributed by atoms with Gasteiger partial charge < -0.3 is 19.7 Å². The van der Waals surface area contributed by atoms with Crippen LogP contribution in [0.1, 0.15) is 53.4 Å². The molecule has 4 nitrogen and oxygen atoms in total. The van der Waals surface area contributed by atoms with Crippen LogP contribution >= 0.6 is 22.6 Å². The minimum Gasteiger partial charge on any atom is -0.380 e. The Hall–Kier alpha value is 0.570. The third kappa shape index (κ3) is 12.6. The fourth-order valence-electron chi connectivity index (χ4n) is 2.83. The molecular formula is C18H37IN2O2. The normalized spacial score (nSPS) is 21.5. The molecule has 1 aliphatic heterocycles. The van der Waals surface area contributed by atoms with Crippen LogP contribution in [0.25, 0.3) is 0 Å². The van der Waals surface area contributed by atoms with Crippen LogP contribution in [0.3, 0.4) is 0 Å². The largest absolute Gasteiger partial charge is 0.380 e. The maximum absolute atomic E-state index is 5.79. The zero-order valence-electron chi connectivity index (χ0n) is 15.6. The van der Waals surface area contributed by atoms with Gasteiger partial charge in [-0.1, -0.05) is 22.6 Å². The first-order valence-corrected chi connectivity index (χ1v) is 10.4. The Labute approximate surface area is 157 Å². The molecule has 1 heterocycles. The summed E-state index contributed by atoms with van der Waals surface area (Å²) in [4.78, 5) is 2.57. The predicted molar refractivity (Wildman–Crippen MR) is 106 cm³/mol. The number of likely N-dealkylation sites (tertiary alicyclic amines) is 1. The van der Waals surface area contributed by atoms with E-state index in [2.05, 4.69) is 60.5 Å². The summed E-state index contributed by atoms with van der Waals surface area (Å²) in [6, 6.07) is 0. The van der Waals surface area contributed by atoms with E-state index in [1.165, 1.54) is 25.9 Å². The van der Waals surface area contributed by atoms with Crippen molar-refractivity contribution in [1.29, 1.82) is 0 Å². The van der Waals surface area contributed by atoms with Crippen molar-refractivity contribution < 1.29 is 9.47 Å². The third-order valence-electron chi connectivity index (χ3n) is 4.06. The van der Waals surface area contributed by atoms with Gasteiger partial charge in [0, 0.05) is 32.8 Å². The van der Waals surface area contributed by atoms with Crippen LogP contribution in [0.4, 0.5) is 0 Å². The highest BCUT2D eigenvalue weighted by Crippen LogP contribution is 2.16. The lowest BCUT2D eigenvalue weighted by molar-refractivity contribution is -0.00776. The third-order valence-corrected chi connectivity index (χ3v) is 4.50. The number of alkyl halides is 1. The zero-order chi connectivity index (χ0) is 17.1. The van der Waals surface area contributed by atoms with Gasteiger partial charge in [-0.15, -0.1) is 0 Å². The van der Waals surface area contributed by atoms with E-state index in [0.29, 0.717) is 4.05 Å². The summed E-state index contributed by atoms with van der Waals surface area (Å²) in [5.74, 6) is 0.801. The van der Waals surface area contributed by atoms with Crippen LogP contribution in [-0.2, 0) is 9.47 Å². The molecule has 0 saturated carbocycles. The lowest BCUT2D eigenvalue weighted by Crippen LogP contribution is -2.41. The zero-order valence-corrected chi connectivity index (χ0v) is 17.7. The summed E-state index contributed by atoms with van der Waals surface area (Å²) in [5, 5.41) is 3.56. The molecule has 0 aromatic heterocycles. The molecule has 1 fully saturated rings. The maximum Gasteiger partial charge on any atom is 0.0598 e. The molecule has 0 bridgehead atoms. The topological polar surface area (TPSA) is 33.7 Å². The fraction of sp³-hybridized carbons (Fsp3) is 1.00. The van der Waals surface area contributed by atoms with E-state index < -0.39 is 0 Å². The van der Waals surface area contributed by atoms with Crippen molar-refractivity contribution in [3.05, 3.63) is 0 Å². The average Bonchev–Trinajstić information content (AvgIpc) is 2.47. The number of piperidine rings is 1. The van der Waals surface area contributed by atoms with Gasteiger partial charge >= 0.3 is 0 Å². The van der Waals surface area contributed by atoms with Crippen molar-refractivity contribution in [2.24, 2.45) is 5.92 Å². The molecule has 1 rings (SSSR count). The highest BCUT2D eigenvalue weighted by atomic mass is 127. The van der Waals surface area contributed by atoms with E-state index in [1.54, 1.807) is 0 Å². The molecule has 0 amide bonds. The Kier molecular flexibility index (Phi) is 11.3. The van der Waals surface area contributed by atoms with E-state index in [1.807, 2.05) is 0 Å². The average molecular weight is 440 g/mol. The molecule has 5 heteroatoms. The Morgan fingerprint density at radius 1 is 1.22 bits per heavy atom. The predicted octanol–water partition coefficient (Wildman–Crippen LogP) is 3.68. The summed E-state index contributed by atoms with van der Waals surface area (Å²) in [5.41, 5.74) is -0.0182. The van der Waals surface area contributed by atoms with E-state index in [4.69, 9.17) is 9.47 Å². The SMILES string of the molecule is CC(I)NCC1CCCN(CCOCCCCOC(C)(C)C)C1. The summed E-state index contributed by atoms with van der Waals surface area (Å²) in [6.07, 6.45) is 4.87. The summed E-state index contributed by atoms with van der Waals surface area (Å²) < 4.78 is 12.1. The summed E-state index contributed by atoms with van der Waals surface area (Å²) in [7, 11) is 0. The van der Waals surface area contributed by atoms with Crippen LogP contribution in [-0.4, -0.2) is 60.5 Å². The van der Waals surface area contributed by atoms with Crippen molar-refractivity contribution >= 4 is 22.6 Å². The smallest absolute Gasteiger partial charge is 0.0598 e. The Bertz CT molecular complexity index is 295. The number of hydrogen-bond acceptors (Lipinski definition) is 4. The molecule has 1 saturated heterocycles. The maximum atomic E-state index is 5.79. The van der Waals surface area contributed by atoms with Gasteiger partial charge in [0.15, 0.2) is 0 Å². The van der Waals surface area contributed by atoms with Crippen molar-refractivity contribution in [3.63, 3.8) is 0 Å². The van der Waals surface area contributed by atoms with Crippen LogP contribution in [0.15, 0.2) is 0 Å². The van der Waals surface area contributed by atoms with Crippen molar-refractivity contribution in [2.75, 3.05) is 46.0 Å².